The Morgan fingerprint density at radius 3 is 2.07 bits per heavy atom. The highest BCUT2D eigenvalue weighted by atomic mass is 19.1. The standard InChI is InChI=1S/C51H79NO13.C28H29F2N3O/c1-30-16-12-11-13-17-31(2)42(61-8)28-38-21-19-36(7)51(60,65-38)48(57)49(58)52-23-15-14-18-39(52)50(59)64-43(33(4)26-37-20-22-40(53)44(27-37)62-9)29-41(54)32(3)25-35(6)46(56)47(63-10)45(55)34(5)24-30;29-22-11-7-20(8-12-22)25(21-9-13-23(30)14-10-21)4-3-17-32-18-15-24(16-19-32)33-27-6-2-1-5-26(27)31-28(33)34/h11-13,16-17,25,30,32-34,36-40,42-44,46-47,53,56,60H,14-15,18-24,26-29H2,1-10H3;1-2,5-14,24-25H,3-4,15-19H2,(H,31,34)/b13-11+,16-12+,31-17+,35-25+;/t30-,32-,33-,34-,36-,37+,38+,39+,40-,42+,43+,44-,46-,47+,51-;/m1./s1. The number of cyclic esters (lactones) is 1. The number of imidazole rings is 1. The zero-order valence-corrected chi connectivity index (χ0v) is 59.7. The molecular weight excluding hydrogens is 1270 g/mol. The second-order valence-electron chi connectivity index (χ2n) is 28.8. The number of piperidine rings is 2. The molecule has 5 aliphatic rings. The number of para-hydroxylation sites is 2. The Morgan fingerprint density at radius 1 is 0.737 bits per heavy atom. The van der Waals surface area contributed by atoms with Crippen molar-refractivity contribution in [1.82, 2.24) is 19.4 Å². The van der Waals surface area contributed by atoms with Crippen molar-refractivity contribution in [3.8, 4) is 0 Å². The van der Waals surface area contributed by atoms with E-state index in [1.54, 1.807) is 41.1 Å². The first-order valence-electron chi connectivity index (χ1n) is 35.9. The zero-order chi connectivity index (χ0) is 71.7. The van der Waals surface area contributed by atoms with Crippen LogP contribution in [0.25, 0.3) is 11.0 Å². The van der Waals surface area contributed by atoms with Crippen LogP contribution in [0.15, 0.2) is 125 Å². The van der Waals surface area contributed by atoms with E-state index in [4.69, 9.17) is 23.7 Å². The number of hydrogen-bond acceptors (Lipinski definition) is 15. The molecule has 0 spiro atoms. The summed E-state index contributed by atoms with van der Waals surface area (Å²) in [5.74, 6) is -8.36. The van der Waals surface area contributed by atoms with Crippen molar-refractivity contribution in [2.45, 2.75) is 218 Å². The number of aromatic amines is 1. The lowest BCUT2D eigenvalue weighted by Gasteiger charge is -2.42. The molecule has 1 aromatic heterocycles. The van der Waals surface area contributed by atoms with Crippen LogP contribution in [0.2, 0.25) is 0 Å². The van der Waals surface area contributed by atoms with Gasteiger partial charge in [-0.1, -0.05) is 107 Å². The van der Waals surface area contributed by atoms with E-state index in [1.165, 1.54) is 36.3 Å². The van der Waals surface area contributed by atoms with Crippen molar-refractivity contribution >= 4 is 40.3 Å². The van der Waals surface area contributed by atoms with E-state index < -0.39 is 83.9 Å². The van der Waals surface area contributed by atoms with Gasteiger partial charge in [-0.2, -0.15) is 0 Å². The van der Waals surface area contributed by atoms with Crippen molar-refractivity contribution in [2.24, 2.45) is 35.5 Å². The van der Waals surface area contributed by atoms with Gasteiger partial charge in [0.05, 0.1) is 35.4 Å². The maximum Gasteiger partial charge on any atom is 0.329 e. The number of benzene rings is 3. The number of ketones is 3. The second kappa shape index (κ2) is 36.8. The number of rotatable bonds is 13. The van der Waals surface area contributed by atoms with Crippen LogP contribution in [0.1, 0.15) is 174 Å². The lowest BCUT2D eigenvalue weighted by molar-refractivity contribution is -0.265. The van der Waals surface area contributed by atoms with Crippen molar-refractivity contribution in [3.63, 3.8) is 0 Å². The normalized spacial score (nSPS) is 31.8. The molecule has 20 heteroatoms. The average molecular weight is 1380 g/mol. The first kappa shape index (κ1) is 78.1. The summed E-state index contributed by atoms with van der Waals surface area (Å²) in [6.45, 7) is 15.6. The highest BCUT2D eigenvalue weighted by Crippen LogP contribution is 2.39. The molecule has 9 rings (SSSR count). The van der Waals surface area contributed by atoms with Gasteiger partial charge in [0.15, 0.2) is 5.78 Å². The quantitative estimate of drug-likeness (QED) is 0.0553. The van der Waals surface area contributed by atoms with Crippen molar-refractivity contribution in [2.75, 3.05) is 47.5 Å². The predicted octanol–water partition coefficient (Wildman–Crippen LogP) is 12.0. The van der Waals surface area contributed by atoms with Crippen LogP contribution in [0, 0.1) is 47.1 Å². The molecule has 1 amide bonds. The molecule has 99 heavy (non-hydrogen) atoms. The number of likely N-dealkylation sites (tertiary alicyclic amines) is 1. The number of methoxy groups -OCH3 is 3. The number of Topliss-reactive ketones (excluding diaryl/α,β-unsaturated/α-hetero) is 3. The number of aliphatic hydroxyl groups excluding tert-OH is 2. The maximum absolute atomic E-state index is 14.4. The Labute approximate surface area is 583 Å². The highest BCUT2D eigenvalue weighted by Gasteiger charge is 2.53. The topological polar surface area (TPSA) is 236 Å². The number of aromatic nitrogens is 2. The molecule has 4 aliphatic heterocycles. The van der Waals surface area contributed by atoms with Gasteiger partial charge in [0.25, 0.3) is 11.7 Å². The lowest BCUT2D eigenvalue weighted by Crippen LogP contribution is -2.61. The number of H-pyrrole nitrogens is 1. The monoisotopic (exact) mass is 1370 g/mol. The first-order chi connectivity index (χ1) is 47.3. The van der Waals surface area contributed by atoms with E-state index >= 15 is 0 Å². The number of nitrogens with one attached hydrogen (secondary N) is 1. The minimum absolute atomic E-state index is 0.0193. The van der Waals surface area contributed by atoms with Gasteiger partial charge in [0.1, 0.15) is 41.8 Å². The lowest BCUT2D eigenvalue weighted by atomic mass is 9.78. The summed E-state index contributed by atoms with van der Waals surface area (Å²) in [4.78, 5) is 89.7. The molecule has 1 saturated carbocycles. The third kappa shape index (κ3) is 20.6. The molecule has 18 nitrogen and oxygen atoms in total. The van der Waals surface area contributed by atoms with Gasteiger partial charge < -0.3 is 53.8 Å². The first-order valence-corrected chi connectivity index (χ1v) is 35.9. The molecule has 15 atom stereocenters. The van der Waals surface area contributed by atoms with Crippen LogP contribution in [0.4, 0.5) is 8.78 Å². The van der Waals surface area contributed by atoms with Gasteiger partial charge in [-0.15, -0.1) is 0 Å². The molecule has 4 fully saturated rings. The Kier molecular flexibility index (Phi) is 29.0. The van der Waals surface area contributed by atoms with E-state index in [9.17, 15) is 52.9 Å². The number of fused-ring (bicyclic) bond motifs is 4. The van der Waals surface area contributed by atoms with E-state index in [0.29, 0.717) is 63.4 Å². The fourth-order valence-electron chi connectivity index (χ4n) is 15.4. The number of amides is 1. The van der Waals surface area contributed by atoms with E-state index in [2.05, 4.69) is 9.88 Å². The summed E-state index contributed by atoms with van der Waals surface area (Å²) in [5, 5.41) is 33.8. The number of hydrogen-bond donors (Lipinski definition) is 4. The van der Waals surface area contributed by atoms with Crippen LogP contribution in [0.5, 0.6) is 0 Å². The molecule has 4 aromatic rings. The average Bonchev–Trinajstić information content (AvgIpc) is 1.56. The molecule has 1 aliphatic carbocycles. The van der Waals surface area contributed by atoms with E-state index in [0.717, 1.165) is 79.5 Å². The fourth-order valence-corrected chi connectivity index (χ4v) is 15.4. The number of allylic oxidation sites excluding steroid dienone is 6. The largest absolute Gasteiger partial charge is 0.460 e. The van der Waals surface area contributed by atoms with Gasteiger partial charge in [-0.25, -0.2) is 18.4 Å². The molecule has 3 aromatic carbocycles. The van der Waals surface area contributed by atoms with Gasteiger partial charge in [-0.3, -0.25) is 23.7 Å². The summed E-state index contributed by atoms with van der Waals surface area (Å²) >= 11 is 0. The minimum Gasteiger partial charge on any atom is -0.460 e. The summed E-state index contributed by atoms with van der Waals surface area (Å²) in [7, 11) is 4.52. The van der Waals surface area contributed by atoms with Crippen LogP contribution >= 0.6 is 0 Å². The van der Waals surface area contributed by atoms with Crippen LogP contribution in [-0.2, 0) is 47.7 Å². The van der Waals surface area contributed by atoms with Crippen LogP contribution in [-0.4, -0.2) is 166 Å². The second-order valence-corrected chi connectivity index (χ2v) is 28.8. The van der Waals surface area contributed by atoms with Gasteiger partial charge >= 0.3 is 11.7 Å². The number of nitrogens with zero attached hydrogens (tertiary/aromatic N) is 3. The number of carbonyl (C=O) groups excluding carboxylic acids is 5. The maximum atomic E-state index is 14.4. The van der Waals surface area contributed by atoms with Crippen molar-refractivity contribution in [1.29, 1.82) is 0 Å². The van der Waals surface area contributed by atoms with Crippen molar-refractivity contribution in [3.05, 3.63) is 154 Å². The van der Waals surface area contributed by atoms with Crippen LogP contribution in [0.3, 0.4) is 0 Å². The Bertz CT molecular complexity index is 3460. The summed E-state index contributed by atoms with van der Waals surface area (Å²) in [6, 6.07) is 20.2. The highest BCUT2D eigenvalue weighted by molar-refractivity contribution is 6.39. The number of esters is 1. The van der Waals surface area contributed by atoms with Gasteiger partial charge in [0.2, 0.25) is 5.79 Å². The SMILES string of the molecule is CO[C@H]1C[C@@H]2CC[C@@H](C)[C@@](O)(O2)C(=O)C(=O)N2CCCC[C@H]2C(=O)O[C@H]([C@H](C)C[C@@H]2CC[C@@H](O)[C@H](OC)C2)CC(=O)[C@H](C)/C=C(\C)[C@@H](O)[C@@H](OC)C(=O)[C@H](C)C[C@H](C)/C=C/C=C/C=C/1C.O=c1[nH]c2ccccc2n1C1CCN(CCCC(c2ccc(F)cc2)c2ccc(F)cc2)CC1. The van der Waals surface area contributed by atoms with E-state index in [1.807, 2.05) is 111 Å². The molecule has 3 saturated heterocycles. The Hall–Kier alpha value is -6.62. The Morgan fingerprint density at radius 2 is 1.41 bits per heavy atom. The van der Waals surface area contributed by atoms with Gasteiger partial charge in [-0.05, 0) is 187 Å². The zero-order valence-electron chi connectivity index (χ0n) is 59.7. The van der Waals surface area contributed by atoms with E-state index in [-0.39, 0.29) is 84.1 Å². The molecule has 542 valence electrons. The number of aliphatic hydroxyl groups is 3. The van der Waals surface area contributed by atoms with Gasteiger partial charge in [0, 0.05) is 83.5 Å². The smallest absolute Gasteiger partial charge is 0.329 e. The van der Waals surface area contributed by atoms with Crippen LogP contribution < -0.4 is 5.69 Å². The molecular formula is C79H108F2N4O14. The molecule has 5 heterocycles. The third-order valence-electron chi connectivity index (χ3n) is 21.5. The van der Waals surface area contributed by atoms with Crippen molar-refractivity contribution < 1.29 is 71.8 Å². The molecule has 0 unspecified atom stereocenters. The number of halogens is 2. The summed E-state index contributed by atoms with van der Waals surface area (Å²) in [6.07, 6.45) is 15.0. The molecule has 2 bridgehead atoms. The summed E-state index contributed by atoms with van der Waals surface area (Å²) in [5.41, 5.74) is 5.20. The third-order valence-corrected chi connectivity index (χ3v) is 21.5. The number of ether oxygens (including phenoxy) is 5. The molecule has 0 radical (unpaired) electrons. The molecule has 4 N–H and O–H groups in total. The Balaban J connectivity index is 0.000000304. The fraction of sp³-hybridized carbons (Fsp3) is 0.595. The predicted molar refractivity (Wildman–Crippen MR) is 376 cm³/mol. The number of carbonyl (C=O) groups is 5. The summed E-state index contributed by atoms with van der Waals surface area (Å²) < 4.78 is 58.2. The minimum atomic E-state index is -2.43.